The molecule has 2 fully saturated rings. The van der Waals surface area contributed by atoms with Gasteiger partial charge in [0.25, 0.3) is 0 Å². The highest BCUT2D eigenvalue weighted by Crippen LogP contribution is 2.32. The highest BCUT2D eigenvalue weighted by Gasteiger charge is 2.30. The van der Waals surface area contributed by atoms with E-state index in [1.165, 1.54) is 24.8 Å². The van der Waals surface area contributed by atoms with Gasteiger partial charge >= 0.3 is 0 Å². The summed E-state index contributed by atoms with van der Waals surface area (Å²) in [6.45, 7) is 3.07. The number of benzene rings is 1. The van der Waals surface area contributed by atoms with Crippen molar-refractivity contribution in [2.24, 2.45) is 5.92 Å². The normalized spacial score (nSPS) is 33.8. The minimum atomic E-state index is 0.663. The molecule has 2 heterocycles. The molecule has 0 amide bonds. The van der Waals surface area contributed by atoms with Crippen LogP contribution in [0.1, 0.15) is 30.7 Å². The molecule has 2 heteroatoms. The first-order chi connectivity index (χ1) is 8.43. The van der Waals surface area contributed by atoms with Gasteiger partial charge in [0.1, 0.15) is 0 Å². The van der Waals surface area contributed by atoms with Gasteiger partial charge in [0.2, 0.25) is 0 Å². The minimum Gasteiger partial charge on any atom is -0.381 e. The van der Waals surface area contributed by atoms with Gasteiger partial charge < -0.3 is 10.1 Å². The molecule has 0 aliphatic carbocycles. The van der Waals surface area contributed by atoms with E-state index in [1.54, 1.807) is 0 Å². The fourth-order valence-corrected chi connectivity index (χ4v) is 3.21. The Hall–Kier alpha value is -0.860. The molecule has 0 radical (unpaired) electrons. The van der Waals surface area contributed by atoms with Crippen LogP contribution < -0.4 is 5.32 Å². The minimum absolute atomic E-state index is 0.663. The van der Waals surface area contributed by atoms with Crippen LogP contribution in [0.5, 0.6) is 0 Å². The van der Waals surface area contributed by atoms with Crippen LogP contribution in [0, 0.1) is 5.92 Å². The number of rotatable bonds is 2. The fourth-order valence-electron chi connectivity index (χ4n) is 3.21. The maximum absolute atomic E-state index is 5.51. The molecule has 1 aromatic carbocycles. The van der Waals surface area contributed by atoms with E-state index in [-0.39, 0.29) is 0 Å². The van der Waals surface area contributed by atoms with Crippen molar-refractivity contribution in [2.75, 3.05) is 19.8 Å². The molecular formula is C15H21NO. The van der Waals surface area contributed by atoms with E-state index in [0.717, 1.165) is 31.6 Å². The first-order valence-corrected chi connectivity index (χ1v) is 6.79. The summed E-state index contributed by atoms with van der Waals surface area (Å²) in [6, 6.07) is 11.6. The summed E-state index contributed by atoms with van der Waals surface area (Å²) >= 11 is 0. The van der Waals surface area contributed by atoms with Crippen LogP contribution in [-0.2, 0) is 4.74 Å². The van der Waals surface area contributed by atoms with E-state index in [4.69, 9.17) is 4.74 Å². The standard InChI is InChI=1S/C15H21NO/c1-2-4-12(5-3-1)13-6-8-16-15(10-13)14-7-9-17-11-14/h1-5,13-16H,6-11H2/t13?,14-,15?/m1/s1. The molecule has 1 N–H and O–H groups in total. The average Bonchev–Trinajstić information content (AvgIpc) is 2.94. The molecule has 2 nitrogen and oxygen atoms in total. The largest absolute Gasteiger partial charge is 0.381 e. The first kappa shape index (κ1) is 11.2. The zero-order valence-corrected chi connectivity index (χ0v) is 10.3. The summed E-state index contributed by atoms with van der Waals surface area (Å²) in [5.41, 5.74) is 1.51. The molecule has 17 heavy (non-hydrogen) atoms. The molecule has 0 spiro atoms. The van der Waals surface area contributed by atoms with Crippen LogP contribution >= 0.6 is 0 Å². The topological polar surface area (TPSA) is 21.3 Å². The number of hydrogen-bond acceptors (Lipinski definition) is 2. The van der Waals surface area contributed by atoms with E-state index >= 15 is 0 Å². The number of piperidine rings is 1. The lowest BCUT2D eigenvalue weighted by atomic mass is 9.81. The van der Waals surface area contributed by atoms with Crippen molar-refractivity contribution >= 4 is 0 Å². The zero-order valence-electron chi connectivity index (χ0n) is 10.3. The van der Waals surface area contributed by atoms with Gasteiger partial charge in [-0.1, -0.05) is 30.3 Å². The van der Waals surface area contributed by atoms with Gasteiger partial charge in [-0.3, -0.25) is 0 Å². The van der Waals surface area contributed by atoms with Crippen LogP contribution in [0.2, 0.25) is 0 Å². The molecule has 2 unspecified atom stereocenters. The molecular weight excluding hydrogens is 210 g/mol. The predicted octanol–water partition coefficient (Wildman–Crippen LogP) is 2.56. The molecule has 92 valence electrons. The summed E-state index contributed by atoms with van der Waals surface area (Å²) in [6.07, 6.45) is 3.78. The van der Waals surface area contributed by atoms with Crippen molar-refractivity contribution in [2.45, 2.75) is 31.2 Å². The van der Waals surface area contributed by atoms with Gasteiger partial charge in [-0.15, -0.1) is 0 Å². The van der Waals surface area contributed by atoms with Gasteiger partial charge in [0, 0.05) is 12.6 Å². The maximum Gasteiger partial charge on any atom is 0.0510 e. The fraction of sp³-hybridized carbons (Fsp3) is 0.600. The first-order valence-electron chi connectivity index (χ1n) is 6.79. The third kappa shape index (κ3) is 2.53. The lowest BCUT2D eigenvalue weighted by molar-refractivity contribution is 0.169. The van der Waals surface area contributed by atoms with Gasteiger partial charge in [-0.2, -0.15) is 0 Å². The third-order valence-corrected chi connectivity index (χ3v) is 4.24. The lowest BCUT2D eigenvalue weighted by Gasteiger charge is -2.33. The van der Waals surface area contributed by atoms with Crippen molar-refractivity contribution in [1.29, 1.82) is 0 Å². The second kappa shape index (κ2) is 5.19. The highest BCUT2D eigenvalue weighted by molar-refractivity contribution is 5.20. The molecule has 2 saturated heterocycles. The van der Waals surface area contributed by atoms with Gasteiger partial charge in [-0.05, 0) is 43.2 Å². The zero-order chi connectivity index (χ0) is 11.5. The molecule has 0 saturated carbocycles. The molecule has 2 aliphatic rings. The SMILES string of the molecule is c1ccc(C2CCNC([C@@H]3CCOC3)C2)cc1. The summed E-state index contributed by atoms with van der Waals surface area (Å²) in [4.78, 5) is 0. The van der Waals surface area contributed by atoms with E-state index in [2.05, 4.69) is 35.6 Å². The summed E-state index contributed by atoms with van der Waals surface area (Å²) in [5.74, 6) is 1.48. The van der Waals surface area contributed by atoms with Gasteiger partial charge in [0.05, 0.1) is 6.61 Å². The van der Waals surface area contributed by atoms with Crippen molar-refractivity contribution in [3.05, 3.63) is 35.9 Å². The van der Waals surface area contributed by atoms with E-state index in [0.29, 0.717) is 6.04 Å². The maximum atomic E-state index is 5.51. The van der Waals surface area contributed by atoms with Crippen molar-refractivity contribution < 1.29 is 4.74 Å². The third-order valence-electron chi connectivity index (χ3n) is 4.24. The Morgan fingerprint density at radius 3 is 2.76 bits per heavy atom. The molecule has 3 atom stereocenters. The Morgan fingerprint density at radius 2 is 2.00 bits per heavy atom. The van der Waals surface area contributed by atoms with Crippen LogP contribution in [0.3, 0.4) is 0 Å². The van der Waals surface area contributed by atoms with Crippen molar-refractivity contribution in [3.8, 4) is 0 Å². The Morgan fingerprint density at radius 1 is 1.12 bits per heavy atom. The quantitative estimate of drug-likeness (QED) is 0.844. The smallest absolute Gasteiger partial charge is 0.0510 e. The molecule has 0 bridgehead atoms. The van der Waals surface area contributed by atoms with Gasteiger partial charge in [-0.25, -0.2) is 0 Å². The Labute approximate surface area is 103 Å². The second-order valence-corrected chi connectivity index (χ2v) is 5.32. The number of hydrogen-bond donors (Lipinski definition) is 1. The highest BCUT2D eigenvalue weighted by atomic mass is 16.5. The average molecular weight is 231 g/mol. The Bertz CT molecular complexity index is 345. The predicted molar refractivity (Wildman–Crippen MR) is 69.1 cm³/mol. The van der Waals surface area contributed by atoms with Gasteiger partial charge in [0.15, 0.2) is 0 Å². The van der Waals surface area contributed by atoms with Crippen LogP contribution in [-0.4, -0.2) is 25.8 Å². The number of ether oxygens (including phenoxy) is 1. The summed E-state index contributed by atoms with van der Waals surface area (Å²) in [7, 11) is 0. The van der Waals surface area contributed by atoms with Crippen molar-refractivity contribution in [1.82, 2.24) is 5.32 Å². The summed E-state index contributed by atoms with van der Waals surface area (Å²) in [5, 5.41) is 3.68. The van der Waals surface area contributed by atoms with Crippen molar-refractivity contribution in [3.63, 3.8) is 0 Å². The second-order valence-electron chi connectivity index (χ2n) is 5.32. The van der Waals surface area contributed by atoms with E-state index in [1.807, 2.05) is 0 Å². The monoisotopic (exact) mass is 231 g/mol. The molecule has 0 aromatic heterocycles. The van der Waals surface area contributed by atoms with Crippen LogP contribution in [0.25, 0.3) is 0 Å². The Kier molecular flexibility index (Phi) is 3.44. The van der Waals surface area contributed by atoms with Crippen LogP contribution in [0.4, 0.5) is 0 Å². The molecule has 2 aliphatic heterocycles. The number of nitrogens with one attached hydrogen (secondary N) is 1. The molecule has 3 rings (SSSR count). The van der Waals surface area contributed by atoms with E-state index < -0.39 is 0 Å². The van der Waals surface area contributed by atoms with Crippen LogP contribution in [0.15, 0.2) is 30.3 Å². The Balaban J connectivity index is 1.67. The summed E-state index contributed by atoms with van der Waals surface area (Å²) < 4.78 is 5.51. The molecule has 1 aromatic rings. The lowest BCUT2D eigenvalue weighted by Crippen LogP contribution is -2.42. The van der Waals surface area contributed by atoms with E-state index in [9.17, 15) is 0 Å².